The standard InChI is InChI=1S/C22H20N6/c1-16(25-26-17-10-4-2-5-11-17)21(28-27-18-12-6-3-7-13-18)22-23-19-14-8-9-15-20(19)24-22/h2-15,26-27H,1H3,(H,23,24)/b25-16-,28-21-. The number of imidazole rings is 1. The molecule has 138 valence electrons. The molecule has 0 fully saturated rings. The molecule has 4 rings (SSSR count). The molecule has 28 heavy (non-hydrogen) atoms. The summed E-state index contributed by atoms with van der Waals surface area (Å²) in [4.78, 5) is 7.99. The van der Waals surface area contributed by atoms with Crippen LogP contribution in [0.2, 0.25) is 0 Å². The van der Waals surface area contributed by atoms with Crippen LogP contribution in [-0.2, 0) is 0 Å². The number of hydrogen-bond acceptors (Lipinski definition) is 5. The van der Waals surface area contributed by atoms with Gasteiger partial charge < -0.3 is 4.98 Å². The van der Waals surface area contributed by atoms with Crippen molar-refractivity contribution >= 4 is 33.8 Å². The summed E-state index contributed by atoms with van der Waals surface area (Å²) in [6.07, 6.45) is 0. The van der Waals surface area contributed by atoms with Gasteiger partial charge in [0.2, 0.25) is 0 Å². The molecule has 3 aromatic carbocycles. The molecule has 0 unspecified atom stereocenters. The molecule has 1 aromatic heterocycles. The fraction of sp³-hybridized carbons (Fsp3) is 0.0455. The van der Waals surface area contributed by atoms with E-state index in [0.717, 1.165) is 22.4 Å². The van der Waals surface area contributed by atoms with Crippen molar-refractivity contribution in [2.75, 3.05) is 10.9 Å². The van der Waals surface area contributed by atoms with Crippen molar-refractivity contribution in [3.8, 4) is 0 Å². The van der Waals surface area contributed by atoms with Gasteiger partial charge in [0.05, 0.1) is 28.1 Å². The van der Waals surface area contributed by atoms with Crippen LogP contribution in [0.15, 0.2) is 95.1 Å². The highest BCUT2D eigenvalue weighted by molar-refractivity contribution is 6.47. The Morgan fingerprint density at radius 2 is 1.32 bits per heavy atom. The summed E-state index contributed by atoms with van der Waals surface area (Å²) >= 11 is 0. The van der Waals surface area contributed by atoms with Gasteiger partial charge in [0, 0.05) is 0 Å². The number of aromatic amines is 1. The van der Waals surface area contributed by atoms with Gasteiger partial charge in [-0.05, 0) is 43.3 Å². The Balaban J connectivity index is 1.67. The predicted molar refractivity (Wildman–Crippen MR) is 116 cm³/mol. The molecule has 0 spiro atoms. The Hall–Kier alpha value is -3.93. The van der Waals surface area contributed by atoms with Crippen LogP contribution in [0, 0.1) is 0 Å². The molecule has 3 N–H and O–H groups in total. The predicted octanol–water partition coefficient (Wildman–Crippen LogP) is 4.87. The number of hydrazone groups is 2. The first kappa shape index (κ1) is 17.5. The van der Waals surface area contributed by atoms with E-state index < -0.39 is 0 Å². The number of anilines is 2. The quantitative estimate of drug-likeness (QED) is 0.336. The van der Waals surface area contributed by atoms with Gasteiger partial charge in [0.25, 0.3) is 0 Å². The first-order valence-electron chi connectivity index (χ1n) is 8.99. The van der Waals surface area contributed by atoms with E-state index in [2.05, 4.69) is 31.0 Å². The summed E-state index contributed by atoms with van der Waals surface area (Å²) in [5.74, 6) is 0.653. The maximum absolute atomic E-state index is 4.67. The monoisotopic (exact) mass is 368 g/mol. The van der Waals surface area contributed by atoms with Crippen molar-refractivity contribution in [2.24, 2.45) is 10.2 Å². The molecule has 6 nitrogen and oxygen atoms in total. The lowest BCUT2D eigenvalue weighted by Gasteiger charge is -2.07. The zero-order chi connectivity index (χ0) is 19.2. The van der Waals surface area contributed by atoms with Gasteiger partial charge >= 0.3 is 0 Å². The zero-order valence-electron chi connectivity index (χ0n) is 15.4. The van der Waals surface area contributed by atoms with E-state index in [-0.39, 0.29) is 0 Å². The minimum absolute atomic E-state index is 0.628. The fourth-order valence-corrected chi connectivity index (χ4v) is 2.72. The molecule has 0 aliphatic heterocycles. The van der Waals surface area contributed by atoms with E-state index in [1.165, 1.54) is 0 Å². The average Bonchev–Trinajstić information content (AvgIpc) is 3.18. The number of rotatable bonds is 6. The molecule has 4 aromatic rings. The molecule has 1 heterocycles. The third-order valence-electron chi connectivity index (χ3n) is 4.15. The van der Waals surface area contributed by atoms with Crippen molar-refractivity contribution in [1.82, 2.24) is 9.97 Å². The van der Waals surface area contributed by atoms with Gasteiger partial charge in [-0.2, -0.15) is 10.2 Å². The van der Waals surface area contributed by atoms with Crippen molar-refractivity contribution in [1.29, 1.82) is 0 Å². The molecule has 0 aliphatic carbocycles. The number of nitrogens with one attached hydrogen (secondary N) is 3. The first-order valence-corrected chi connectivity index (χ1v) is 8.99. The molecule has 6 heteroatoms. The maximum Gasteiger partial charge on any atom is 0.160 e. The lowest BCUT2D eigenvalue weighted by Crippen LogP contribution is -2.17. The van der Waals surface area contributed by atoms with E-state index in [9.17, 15) is 0 Å². The number of nitrogens with zero attached hydrogens (tertiary/aromatic N) is 3. The Labute approximate surface area is 163 Å². The largest absolute Gasteiger partial charge is 0.337 e. The third-order valence-corrected chi connectivity index (χ3v) is 4.15. The van der Waals surface area contributed by atoms with E-state index >= 15 is 0 Å². The van der Waals surface area contributed by atoms with Crippen molar-refractivity contribution in [3.63, 3.8) is 0 Å². The summed E-state index contributed by atoms with van der Waals surface area (Å²) in [5, 5.41) is 9.06. The van der Waals surface area contributed by atoms with E-state index in [4.69, 9.17) is 0 Å². The summed E-state index contributed by atoms with van der Waals surface area (Å²) < 4.78 is 0. The minimum Gasteiger partial charge on any atom is -0.337 e. The van der Waals surface area contributed by atoms with E-state index in [0.29, 0.717) is 17.2 Å². The Kier molecular flexibility index (Phi) is 5.11. The molecule has 0 saturated carbocycles. The number of aromatic nitrogens is 2. The molecular formula is C22H20N6. The molecule has 0 radical (unpaired) electrons. The second-order valence-corrected chi connectivity index (χ2v) is 6.22. The molecule has 0 saturated heterocycles. The molecule has 0 amide bonds. The number of hydrogen-bond donors (Lipinski definition) is 3. The van der Waals surface area contributed by atoms with Crippen LogP contribution in [0.1, 0.15) is 12.7 Å². The molecule has 0 atom stereocenters. The number of para-hydroxylation sites is 4. The normalized spacial score (nSPS) is 12.2. The first-order chi connectivity index (χ1) is 13.8. The summed E-state index contributed by atoms with van der Waals surface area (Å²) in [5.41, 5.74) is 11.1. The van der Waals surface area contributed by atoms with Crippen LogP contribution in [0.4, 0.5) is 11.4 Å². The van der Waals surface area contributed by atoms with E-state index in [1.54, 1.807) is 0 Å². The van der Waals surface area contributed by atoms with E-state index in [1.807, 2.05) is 91.9 Å². The average molecular weight is 368 g/mol. The number of H-pyrrole nitrogens is 1. The second-order valence-electron chi connectivity index (χ2n) is 6.22. The van der Waals surface area contributed by atoms with Crippen LogP contribution >= 0.6 is 0 Å². The Morgan fingerprint density at radius 1 is 0.750 bits per heavy atom. The Morgan fingerprint density at radius 3 is 1.96 bits per heavy atom. The van der Waals surface area contributed by atoms with Gasteiger partial charge in [0.1, 0.15) is 5.71 Å². The van der Waals surface area contributed by atoms with Crippen molar-refractivity contribution in [2.45, 2.75) is 6.92 Å². The summed E-state index contributed by atoms with van der Waals surface area (Å²) in [6, 6.07) is 27.5. The zero-order valence-corrected chi connectivity index (χ0v) is 15.4. The van der Waals surface area contributed by atoms with Crippen LogP contribution < -0.4 is 10.9 Å². The highest BCUT2D eigenvalue weighted by Gasteiger charge is 2.13. The van der Waals surface area contributed by atoms with Crippen molar-refractivity contribution < 1.29 is 0 Å². The van der Waals surface area contributed by atoms with Crippen LogP contribution in [0.5, 0.6) is 0 Å². The number of fused-ring (bicyclic) bond motifs is 1. The molecule has 0 bridgehead atoms. The van der Waals surface area contributed by atoms with Gasteiger partial charge in [-0.15, -0.1) is 0 Å². The van der Waals surface area contributed by atoms with Crippen LogP contribution in [0.25, 0.3) is 11.0 Å². The summed E-state index contributed by atoms with van der Waals surface area (Å²) in [6.45, 7) is 1.90. The topological polar surface area (TPSA) is 77.5 Å². The van der Waals surface area contributed by atoms with Crippen molar-refractivity contribution in [3.05, 3.63) is 90.8 Å². The molecular weight excluding hydrogens is 348 g/mol. The second kappa shape index (κ2) is 8.18. The third kappa shape index (κ3) is 4.07. The highest BCUT2D eigenvalue weighted by Crippen LogP contribution is 2.13. The minimum atomic E-state index is 0.628. The maximum atomic E-state index is 4.67. The summed E-state index contributed by atoms with van der Waals surface area (Å²) in [7, 11) is 0. The number of benzene rings is 3. The van der Waals surface area contributed by atoms with Gasteiger partial charge in [-0.25, -0.2) is 4.98 Å². The SMILES string of the molecule is CC(=N/Nc1ccccc1)/C(=N/Nc1ccccc1)c1nc2ccccc2[nH]1. The fourth-order valence-electron chi connectivity index (χ4n) is 2.72. The van der Waals surface area contributed by atoms with Gasteiger partial charge in [0.15, 0.2) is 5.82 Å². The van der Waals surface area contributed by atoms with Gasteiger partial charge in [-0.3, -0.25) is 10.9 Å². The lowest BCUT2D eigenvalue weighted by atomic mass is 10.2. The van der Waals surface area contributed by atoms with Crippen LogP contribution in [-0.4, -0.2) is 21.4 Å². The van der Waals surface area contributed by atoms with Crippen LogP contribution in [0.3, 0.4) is 0 Å². The lowest BCUT2D eigenvalue weighted by molar-refractivity contribution is 1.25. The Bertz CT molecular complexity index is 1080. The highest BCUT2D eigenvalue weighted by atomic mass is 15.3. The van der Waals surface area contributed by atoms with Gasteiger partial charge in [-0.1, -0.05) is 48.5 Å². The molecule has 0 aliphatic rings. The smallest absolute Gasteiger partial charge is 0.160 e.